The highest BCUT2D eigenvalue weighted by Crippen LogP contribution is 2.41. The van der Waals surface area contributed by atoms with Crippen molar-refractivity contribution in [1.29, 1.82) is 0 Å². The van der Waals surface area contributed by atoms with Crippen LogP contribution in [0.3, 0.4) is 0 Å². The number of aromatic nitrogens is 2. The first-order valence-electron chi connectivity index (χ1n) is 14.4. The van der Waals surface area contributed by atoms with E-state index in [9.17, 15) is 4.79 Å². The van der Waals surface area contributed by atoms with E-state index >= 15 is 0 Å². The van der Waals surface area contributed by atoms with Crippen LogP contribution in [0, 0.1) is 0 Å². The first-order chi connectivity index (χ1) is 21.0. The molecule has 4 heterocycles. The van der Waals surface area contributed by atoms with Gasteiger partial charge in [-0.05, 0) is 35.2 Å². The second-order valence-corrected chi connectivity index (χ2v) is 11.6. The summed E-state index contributed by atoms with van der Waals surface area (Å²) in [6.07, 6.45) is 6.14. The first kappa shape index (κ1) is 28.9. The molecule has 0 saturated carbocycles. The highest BCUT2D eigenvalue weighted by atomic mass is 32.1. The van der Waals surface area contributed by atoms with Crippen LogP contribution in [0.25, 0.3) is 38.2 Å². The fourth-order valence-electron chi connectivity index (χ4n) is 5.74. The molecule has 10 heteroatoms. The number of fused-ring (bicyclic) bond motifs is 2. The molecule has 0 spiro atoms. The molecule has 1 fully saturated rings. The molecule has 0 atom stereocenters. The maximum Gasteiger partial charge on any atom is 0.272 e. The molecule has 3 aromatic heterocycles. The van der Waals surface area contributed by atoms with Gasteiger partial charge in [0.15, 0.2) is 0 Å². The quantitative estimate of drug-likeness (QED) is 0.222. The Morgan fingerprint density at radius 1 is 1.14 bits per heavy atom. The van der Waals surface area contributed by atoms with Crippen LogP contribution < -0.4 is 15.8 Å². The van der Waals surface area contributed by atoms with Gasteiger partial charge in [-0.2, -0.15) is 0 Å². The standard InChI is InChI=1S/C33H36N6O3S/c1-37-27-8-4-3-6-23(27)18-28(37)33(41)36-26-10-9-22(19-29(26)42-2)25-21-43-31-24(20-35-32(34)30(25)31)7-5-11-38-12-14-39(15-13-38)16-17-40/h3-10,18-21,40H,11-17H2,1-2H3,(H2,34,35)(H,36,41)/b7-5+. The zero-order valence-corrected chi connectivity index (χ0v) is 25.2. The highest BCUT2D eigenvalue weighted by Gasteiger charge is 2.19. The highest BCUT2D eigenvalue weighted by molar-refractivity contribution is 7.18. The number of pyridine rings is 1. The number of amides is 1. The van der Waals surface area contributed by atoms with Crippen molar-refractivity contribution in [1.82, 2.24) is 19.4 Å². The Balaban J connectivity index is 1.21. The van der Waals surface area contributed by atoms with Crippen LogP contribution in [0.15, 0.2) is 66.2 Å². The average Bonchev–Trinajstić information content (AvgIpc) is 3.62. The number of benzene rings is 2. The fraction of sp³-hybridized carbons (Fsp3) is 0.273. The zero-order chi connectivity index (χ0) is 29.9. The largest absolute Gasteiger partial charge is 0.495 e. The monoisotopic (exact) mass is 596 g/mol. The summed E-state index contributed by atoms with van der Waals surface area (Å²) in [7, 11) is 3.49. The predicted octanol–water partition coefficient (Wildman–Crippen LogP) is 4.92. The van der Waals surface area contributed by atoms with Gasteiger partial charge in [0.25, 0.3) is 5.91 Å². The summed E-state index contributed by atoms with van der Waals surface area (Å²) in [5.41, 5.74) is 11.5. The van der Waals surface area contributed by atoms with E-state index in [1.54, 1.807) is 18.4 Å². The molecule has 1 amide bonds. The van der Waals surface area contributed by atoms with Crippen molar-refractivity contribution in [2.75, 3.05) is 64.0 Å². The van der Waals surface area contributed by atoms with Gasteiger partial charge in [-0.1, -0.05) is 36.4 Å². The molecule has 222 valence electrons. The lowest BCUT2D eigenvalue weighted by Gasteiger charge is -2.33. The lowest BCUT2D eigenvalue weighted by Crippen LogP contribution is -2.47. The summed E-state index contributed by atoms with van der Waals surface area (Å²) < 4.78 is 8.69. The average molecular weight is 597 g/mol. The molecule has 1 aliphatic heterocycles. The normalized spacial score (nSPS) is 14.7. The third-order valence-corrected chi connectivity index (χ3v) is 9.17. The van der Waals surface area contributed by atoms with E-state index in [0.717, 1.165) is 76.9 Å². The number of anilines is 2. The van der Waals surface area contributed by atoms with Crippen molar-refractivity contribution in [3.8, 4) is 16.9 Å². The van der Waals surface area contributed by atoms with E-state index in [2.05, 4.69) is 37.6 Å². The van der Waals surface area contributed by atoms with Crippen LogP contribution in [0.1, 0.15) is 16.1 Å². The number of rotatable bonds is 9. The van der Waals surface area contributed by atoms with Gasteiger partial charge in [0.2, 0.25) is 0 Å². The number of hydrogen-bond acceptors (Lipinski definition) is 8. The Morgan fingerprint density at radius 3 is 2.70 bits per heavy atom. The summed E-state index contributed by atoms with van der Waals surface area (Å²) in [6, 6.07) is 15.6. The third kappa shape index (κ3) is 5.87. The minimum Gasteiger partial charge on any atom is -0.495 e. The molecule has 0 aliphatic carbocycles. The number of aliphatic hydroxyl groups excluding tert-OH is 1. The number of nitrogen functional groups attached to an aromatic ring is 1. The van der Waals surface area contributed by atoms with E-state index in [1.165, 1.54) is 0 Å². The minimum atomic E-state index is -0.206. The molecule has 0 unspecified atom stereocenters. The molecule has 1 saturated heterocycles. The van der Waals surface area contributed by atoms with Crippen LogP contribution in [-0.4, -0.2) is 83.3 Å². The molecular weight excluding hydrogens is 560 g/mol. The number of hydrogen-bond donors (Lipinski definition) is 3. The van der Waals surface area contributed by atoms with E-state index < -0.39 is 0 Å². The van der Waals surface area contributed by atoms with Crippen molar-refractivity contribution in [2.45, 2.75) is 0 Å². The van der Waals surface area contributed by atoms with Crippen LogP contribution in [0.5, 0.6) is 5.75 Å². The first-order valence-corrected chi connectivity index (χ1v) is 15.3. The Labute approximate surface area is 254 Å². The van der Waals surface area contributed by atoms with E-state index in [4.69, 9.17) is 15.6 Å². The van der Waals surface area contributed by atoms with Crippen LogP contribution in [-0.2, 0) is 7.05 Å². The molecule has 0 radical (unpaired) electrons. The van der Waals surface area contributed by atoms with Crippen LogP contribution >= 0.6 is 11.3 Å². The van der Waals surface area contributed by atoms with Crippen molar-refractivity contribution in [3.63, 3.8) is 0 Å². The Kier molecular flexibility index (Phi) is 8.44. The van der Waals surface area contributed by atoms with Crippen molar-refractivity contribution in [3.05, 3.63) is 77.4 Å². The number of thiophene rings is 1. The predicted molar refractivity (Wildman–Crippen MR) is 176 cm³/mol. The molecule has 6 rings (SSSR count). The Morgan fingerprint density at radius 2 is 1.93 bits per heavy atom. The lowest BCUT2D eigenvalue weighted by atomic mass is 10.0. The number of piperazine rings is 1. The third-order valence-electron chi connectivity index (χ3n) is 8.14. The van der Waals surface area contributed by atoms with E-state index in [0.29, 0.717) is 22.9 Å². The molecule has 5 aromatic rings. The Bertz CT molecular complexity index is 1800. The summed E-state index contributed by atoms with van der Waals surface area (Å²) in [6.45, 7) is 5.75. The number of nitrogens with two attached hydrogens (primary N) is 1. The zero-order valence-electron chi connectivity index (χ0n) is 24.4. The second kappa shape index (κ2) is 12.6. The number of nitrogens with one attached hydrogen (secondary N) is 1. The number of methoxy groups -OCH3 is 1. The number of aliphatic hydroxyl groups is 1. The molecular formula is C33H36N6O3S. The van der Waals surface area contributed by atoms with Gasteiger partial charge in [0.1, 0.15) is 17.3 Å². The summed E-state index contributed by atoms with van der Waals surface area (Å²) in [5, 5.41) is 16.2. The number of aryl methyl sites for hydroxylation is 1. The lowest BCUT2D eigenvalue weighted by molar-refractivity contribution is 0.101. The number of nitrogens with zero attached hydrogens (tertiary/aromatic N) is 4. The van der Waals surface area contributed by atoms with Gasteiger partial charge in [-0.15, -0.1) is 11.3 Å². The maximum atomic E-state index is 13.2. The molecule has 4 N–H and O–H groups in total. The van der Waals surface area contributed by atoms with Crippen LogP contribution in [0.4, 0.5) is 11.5 Å². The second-order valence-electron chi connectivity index (χ2n) is 10.7. The minimum absolute atomic E-state index is 0.206. The SMILES string of the molecule is COc1cc(-c2csc3c(/C=C/CN4CCN(CCO)CC4)cnc(N)c23)ccc1NC(=O)c1cc2ccccc2n1C. The van der Waals surface area contributed by atoms with Crippen molar-refractivity contribution >= 4 is 55.8 Å². The smallest absolute Gasteiger partial charge is 0.272 e. The van der Waals surface area contributed by atoms with Gasteiger partial charge < -0.3 is 25.5 Å². The summed E-state index contributed by atoms with van der Waals surface area (Å²) >= 11 is 1.64. The van der Waals surface area contributed by atoms with E-state index in [1.807, 2.05) is 66.3 Å². The van der Waals surface area contributed by atoms with E-state index in [-0.39, 0.29) is 12.5 Å². The van der Waals surface area contributed by atoms with Crippen molar-refractivity contribution in [2.24, 2.45) is 7.05 Å². The number of carbonyl (C=O) groups is 1. The number of β-amino-alcohol motifs (C(OH)–C–C–N with tert-alkyl or cyclic N) is 1. The fourth-order valence-corrected chi connectivity index (χ4v) is 6.82. The number of para-hydroxylation sites is 1. The van der Waals surface area contributed by atoms with Gasteiger partial charge >= 0.3 is 0 Å². The summed E-state index contributed by atoms with van der Waals surface area (Å²) in [5.74, 6) is 0.837. The maximum absolute atomic E-state index is 13.2. The summed E-state index contributed by atoms with van der Waals surface area (Å²) in [4.78, 5) is 22.5. The Hall–Kier alpha value is -4.22. The van der Waals surface area contributed by atoms with Gasteiger partial charge in [0, 0.05) is 84.6 Å². The topological polar surface area (TPSA) is 109 Å². The van der Waals surface area contributed by atoms with Gasteiger partial charge in [-0.3, -0.25) is 14.6 Å². The van der Waals surface area contributed by atoms with Crippen LogP contribution in [0.2, 0.25) is 0 Å². The van der Waals surface area contributed by atoms with Crippen molar-refractivity contribution < 1.29 is 14.6 Å². The number of ether oxygens (including phenoxy) is 1. The molecule has 0 bridgehead atoms. The van der Waals surface area contributed by atoms with Gasteiger partial charge in [-0.25, -0.2) is 4.98 Å². The van der Waals surface area contributed by atoms with Gasteiger partial charge in [0.05, 0.1) is 19.4 Å². The molecule has 2 aromatic carbocycles. The molecule has 1 aliphatic rings. The molecule has 9 nitrogen and oxygen atoms in total. The number of carbonyl (C=O) groups excluding carboxylic acids is 1. The molecule has 43 heavy (non-hydrogen) atoms.